The van der Waals surface area contributed by atoms with Crippen molar-refractivity contribution < 1.29 is 13.7 Å². The Kier molecular flexibility index (Phi) is 6.43. The molecule has 31 heavy (non-hydrogen) atoms. The van der Waals surface area contributed by atoms with E-state index in [1.807, 2.05) is 60.7 Å². The van der Waals surface area contributed by atoms with E-state index in [1.165, 1.54) is 23.9 Å². The molecule has 1 heterocycles. The molecule has 1 aromatic heterocycles. The van der Waals surface area contributed by atoms with Gasteiger partial charge in [0.05, 0.1) is 0 Å². The first-order valence-corrected chi connectivity index (χ1v) is 10.6. The van der Waals surface area contributed by atoms with Crippen molar-refractivity contribution in [3.63, 3.8) is 0 Å². The smallest absolute Gasteiger partial charge is 0.249 e. The molecule has 0 bridgehead atoms. The Hall–Kier alpha value is -3.45. The number of amides is 1. The van der Waals surface area contributed by atoms with Gasteiger partial charge in [-0.25, -0.2) is 4.39 Å². The lowest BCUT2D eigenvalue weighted by molar-refractivity contribution is -0.121. The molecular weight excluding hydrogens is 413 g/mol. The fraction of sp³-hybridized carbons (Fsp3) is 0.125. The summed E-state index contributed by atoms with van der Waals surface area (Å²) < 4.78 is 18.5. The van der Waals surface area contributed by atoms with E-state index < -0.39 is 11.3 Å². The van der Waals surface area contributed by atoms with E-state index in [0.717, 1.165) is 10.5 Å². The first kappa shape index (κ1) is 20.8. The van der Waals surface area contributed by atoms with E-state index in [-0.39, 0.29) is 17.6 Å². The molecule has 0 saturated carbocycles. The Morgan fingerprint density at radius 1 is 0.968 bits per heavy atom. The number of nitrogens with one attached hydrogen (secondary N) is 1. The zero-order valence-corrected chi connectivity index (χ0v) is 17.6. The third-order valence-corrected chi connectivity index (χ3v) is 5.88. The molecule has 156 valence electrons. The number of hydrogen-bond donors (Lipinski definition) is 1. The molecule has 4 rings (SSSR count). The minimum Gasteiger partial charge on any atom is -0.343 e. The van der Waals surface area contributed by atoms with Gasteiger partial charge in [0.15, 0.2) is 0 Å². The minimum atomic E-state index is -0.489. The normalized spacial score (nSPS) is 12.8. The Morgan fingerprint density at radius 3 is 2.29 bits per heavy atom. The predicted octanol–water partition coefficient (Wildman–Crippen LogP) is 5.59. The summed E-state index contributed by atoms with van der Waals surface area (Å²) in [5, 5.41) is 6.48. The summed E-state index contributed by atoms with van der Waals surface area (Å²) in [6, 6.07) is 24.7. The summed E-state index contributed by atoms with van der Waals surface area (Å²) in [7, 11) is 0. The van der Waals surface area contributed by atoms with Crippen molar-refractivity contribution in [2.45, 2.75) is 23.1 Å². The number of nitrogens with zero attached hydrogens (tertiary/aromatic N) is 2. The molecule has 1 N–H and O–H groups in total. The summed E-state index contributed by atoms with van der Waals surface area (Å²) in [6.45, 7) is 1.79. The lowest BCUT2D eigenvalue weighted by Crippen LogP contribution is -2.30. The molecule has 0 aliphatic heterocycles. The molecule has 0 radical (unpaired) electrons. The van der Waals surface area contributed by atoms with Gasteiger partial charge in [0.1, 0.15) is 17.1 Å². The summed E-state index contributed by atoms with van der Waals surface area (Å²) in [4.78, 5) is 18.5. The largest absolute Gasteiger partial charge is 0.343 e. The van der Waals surface area contributed by atoms with Gasteiger partial charge < -0.3 is 9.84 Å². The highest BCUT2D eigenvalue weighted by Crippen LogP contribution is 2.35. The number of carbonyl (C=O) groups is 1. The topological polar surface area (TPSA) is 68.0 Å². The first-order valence-electron chi connectivity index (χ1n) is 9.77. The molecule has 2 atom stereocenters. The van der Waals surface area contributed by atoms with Crippen molar-refractivity contribution in [2.75, 3.05) is 0 Å². The van der Waals surface area contributed by atoms with Gasteiger partial charge in [-0.1, -0.05) is 53.7 Å². The lowest BCUT2D eigenvalue weighted by Gasteiger charge is -2.19. The van der Waals surface area contributed by atoms with Gasteiger partial charge in [0, 0.05) is 10.5 Å². The van der Waals surface area contributed by atoms with Crippen LogP contribution in [0.4, 0.5) is 4.39 Å². The molecule has 1 amide bonds. The lowest BCUT2D eigenvalue weighted by atomic mass is 10.1. The molecule has 0 fully saturated rings. The maximum Gasteiger partial charge on any atom is 0.249 e. The molecule has 0 aliphatic carbocycles. The van der Waals surface area contributed by atoms with Crippen LogP contribution < -0.4 is 5.32 Å². The van der Waals surface area contributed by atoms with Gasteiger partial charge in [-0.2, -0.15) is 4.98 Å². The van der Waals surface area contributed by atoms with Crippen molar-refractivity contribution in [3.8, 4) is 11.4 Å². The Bertz CT molecular complexity index is 1130. The van der Waals surface area contributed by atoms with Gasteiger partial charge in [-0.15, -0.1) is 11.8 Å². The van der Waals surface area contributed by atoms with E-state index in [4.69, 9.17) is 4.52 Å². The Labute approximate surface area is 183 Å². The standard InChI is InChI=1S/C24H20FN3O2S/c1-16(24-27-22(28-30-24)18-12-14-19(25)15-13-18)26-23(29)21(17-8-4-2-5-9-17)31-20-10-6-3-7-11-20/h2-16,21H,1H3,(H,26,29)/t16-,21-/m0/s1. The van der Waals surface area contributed by atoms with Gasteiger partial charge in [0.2, 0.25) is 17.6 Å². The van der Waals surface area contributed by atoms with Crippen molar-refractivity contribution in [1.29, 1.82) is 0 Å². The number of halogens is 1. The molecule has 5 nitrogen and oxygen atoms in total. The highest BCUT2D eigenvalue weighted by Gasteiger charge is 2.25. The van der Waals surface area contributed by atoms with Crippen molar-refractivity contribution in [2.24, 2.45) is 0 Å². The second-order valence-corrected chi connectivity index (χ2v) is 8.09. The van der Waals surface area contributed by atoms with Crippen LogP contribution in [0.3, 0.4) is 0 Å². The highest BCUT2D eigenvalue weighted by atomic mass is 32.2. The number of carbonyl (C=O) groups excluding carboxylic acids is 1. The van der Waals surface area contributed by atoms with Crippen LogP contribution >= 0.6 is 11.8 Å². The molecule has 3 aromatic carbocycles. The van der Waals surface area contributed by atoms with Gasteiger partial charge in [-0.05, 0) is 48.9 Å². The van der Waals surface area contributed by atoms with Crippen molar-refractivity contribution >= 4 is 17.7 Å². The number of benzene rings is 3. The zero-order chi connectivity index (χ0) is 21.6. The molecule has 0 unspecified atom stereocenters. The summed E-state index contributed by atoms with van der Waals surface area (Å²) >= 11 is 1.48. The quantitative estimate of drug-likeness (QED) is 0.385. The van der Waals surface area contributed by atoms with E-state index in [2.05, 4.69) is 15.5 Å². The van der Waals surface area contributed by atoms with Crippen LogP contribution in [0.15, 0.2) is 94.3 Å². The van der Waals surface area contributed by atoms with Crippen LogP contribution in [-0.2, 0) is 4.79 Å². The average Bonchev–Trinajstić information content (AvgIpc) is 3.30. The van der Waals surface area contributed by atoms with E-state index in [9.17, 15) is 9.18 Å². The number of thioether (sulfide) groups is 1. The average molecular weight is 434 g/mol. The Balaban J connectivity index is 1.51. The summed E-state index contributed by atoms with van der Waals surface area (Å²) in [5.41, 5.74) is 1.54. The maximum absolute atomic E-state index is 13.2. The summed E-state index contributed by atoms with van der Waals surface area (Å²) in [6.07, 6.45) is 0. The number of hydrogen-bond acceptors (Lipinski definition) is 5. The van der Waals surface area contributed by atoms with Crippen molar-refractivity contribution in [1.82, 2.24) is 15.5 Å². The third kappa shape index (κ3) is 5.19. The number of rotatable bonds is 7. The molecule has 4 aromatic rings. The minimum absolute atomic E-state index is 0.158. The van der Waals surface area contributed by atoms with Gasteiger partial charge in [-0.3, -0.25) is 4.79 Å². The third-order valence-electron chi connectivity index (χ3n) is 4.61. The predicted molar refractivity (Wildman–Crippen MR) is 118 cm³/mol. The van der Waals surface area contributed by atoms with Crippen LogP contribution in [0.1, 0.15) is 29.7 Å². The van der Waals surface area contributed by atoms with Crippen LogP contribution in [0.25, 0.3) is 11.4 Å². The highest BCUT2D eigenvalue weighted by molar-refractivity contribution is 8.00. The maximum atomic E-state index is 13.2. The molecule has 7 heteroatoms. The van der Waals surface area contributed by atoms with Crippen LogP contribution in [0.2, 0.25) is 0 Å². The number of aromatic nitrogens is 2. The second-order valence-electron chi connectivity index (χ2n) is 6.92. The van der Waals surface area contributed by atoms with Gasteiger partial charge >= 0.3 is 0 Å². The van der Waals surface area contributed by atoms with Crippen LogP contribution in [0, 0.1) is 5.82 Å². The van der Waals surface area contributed by atoms with Crippen LogP contribution in [0.5, 0.6) is 0 Å². The molecule has 0 spiro atoms. The molecule has 0 saturated heterocycles. The fourth-order valence-corrected chi connectivity index (χ4v) is 4.07. The van der Waals surface area contributed by atoms with Gasteiger partial charge in [0.25, 0.3) is 0 Å². The fourth-order valence-electron chi connectivity index (χ4n) is 3.01. The van der Waals surface area contributed by atoms with Crippen molar-refractivity contribution in [3.05, 3.63) is 102 Å². The van der Waals surface area contributed by atoms with E-state index >= 15 is 0 Å². The SMILES string of the molecule is C[C@H](NC(=O)[C@@H](Sc1ccccc1)c1ccccc1)c1nc(-c2ccc(F)cc2)no1. The molecular formula is C24H20FN3O2S. The second kappa shape index (κ2) is 9.57. The van der Waals surface area contributed by atoms with E-state index in [0.29, 0.717) is 11.4 Å². The first-order chi connectivity index (χ1) is 15.1. The summed E-state index contributed by atoms with van der Waals surface area (Å²) in [5.74, 6) is 0.128. The van der Waals surface area contributed by atoms with E-state index in [1.54, 1.807) is 19.1 Å². The Morgan fingerprint density at radius 2 is 1.61 bits per heavy atom. The van der Waals surface area contributed by atoms with Crippen LogP contribution in [-0.4, -0.2) is 16.0 Å². The monoisotopic (exact) mass is 433 g/mol. The molecule has 0 aliphatic rings. The zero-order valence-electron chi connectivity index (χ0n) is 16.7.